The molecule has 0 radical (unpaired) electrons. The van der Waals surface area contributed by atoms with Crippen LogP contribution in [0.5, 0.6) is 0 Å². The van der Waals surface area contributed by atoms with Crippen LogP contribution < -0.4 is 4.90 Å². The monoisotopic (exact) mass is 399 g/mol. The number of hydrogen-bond donors (Lipinski definition) is 0. The van der Waals surface area contributed by atoms with Gasteiger partial charge in [-0.05, 0) is 35.1 Å². The van der Waals surface area contributed by atoms with Gasteiger partial charge >= 0.3 is 5.97 Å². The summed E-state index contributed by atoms with van der Waals surface area (Å²) in [5.74, 6) is -0.105. The Morgan fingerprint density at radius 1 is 1.14 bits per heavy atom. The van der Waals surface area contributed by atoms with Crippen molar-refractivity contribution in [2.75, 3.05) is 38.3 Å². The minimum atomic E-state index is -0.344. The summed E-state index contributed by atoms with van der Waals surface area (Å²) in [4.78, 5) is 27.9. The highest BCUT2D eigenvalue weighted by Gasteiger charge is 2.37. The number of benzene rings is 1. The van der Waals surface area contributed by atoms with Gasteiger partial charge in [0, 0.05) is 25.1 Å². The second kappa shape index (κ2) is 7.33. The second-order valence-electron chi connectivity index (χ2n) is 8.20. The second-order valence-corrected chi connectivity index (χ2v) is 9.20. The first kappa shape index (κ1) is 19.2. The zero-order chi connectivity index (χ0) is 19.9. The normalized spacial score (nSPS) is 18.7. The summed E-state index contributed by atoms with van der Waals surface area (Å²) in [6.07, 6.45) is 1.47. The predicted octanol–water partition coefficient (Wildman–Crippen LogP) is 4.19. The smallest absolute Gasteiger partial charge is 0.337 e. The number of hydrogen-bond acceptors (Lipinski definition) is 6. The molecule has 2 aromatic rings. The lowest BCUT2D eigenvalue weighted by atomic mass is 9.75. The summed E-state index contributed by atoms with van der Waals surface area (Å²) >= 11 is 1.62. The fourth-order valence-electron chi connectivity index (χ4n) is 4.08. The van der Waals surface area contributed by atoms with Crippen LogP contribution in [0.3, 0.4) is 0 Å². The van der Waals surface area contributed by atoms with Crippen LogP contribution in [-0.2, 0) is 15.9 Å². The van der Waals surface area contributed by atoms with Crippen LogP contribution >= 0.6 is 11.3 Å². The summed E-state index contributed by atoms with van der Waals surface area (Å²) in [6.45, 7) is 7.36. The topological polar surface area (TPSA) is 55.8 Å². The van der Waals surface area contributed by atoms with Gasteiger partial charge < -0.3 is 14.4 Å². The van der Waals surface area contributed by atoms with Crippen LogP contribution in [0, 0.1) is 5.41 Å². The third kappa shape index (κ3) is 3.47. The Balaban J connectivity index is 1.84. The Morgan fingerprint density at radius 3 is 2.46 bits per heavy atom. The van der Waals surface area contributed by atoms with Crippen molar-refractivity contribution in [3.05, 3.63) is 40.3 Å². The third-order valence-electron chi connectivity index (χ3n) is 5.43. The van der Waals surface area contributed by atoms with E-state index in [1.54, 1.807) is 23.5 Å². The summed E-state index contributed by atoms with van der Waals surface area (Å²) in [5.41, 5.74) is 3.81. The molecule has 1 aromatic heterocycles. The van der Waals surface area contributed by atoms with Crippen molar-refractivity contribution in [2.24, 2.45) is 5.41 Å². The van der Waals surface area contributed by atoms with Gasteiger partial charge in [-0.2, -0.15) is 0 Å². The Bertz CT molecular complexity index is 907. The Hall–Kier alpha value is -2.18. The van der Waals surface area contributed by atoms with Crippen LogP contribution in [0.2, 0.25) is 0 Å². The number of fused-ring (bicyclic) bond motifs is 1. The maximum Gasteiger partial charge on any atom is 0.337 e. The summed E-state index contributed by atoms with van der Waals surface area (Å²) in [6, 6.07) is 7.52. The number of ketones is 1. The predicted molar refractivity (Wildman–Crippen MR) is 111 cm³/mol. The largest absolute Gasteiger partial charge is 0.465 e. The zero-order valence-corrected chi connectivity index (χ0v) is 17.4. The van der Waals surface area contributed by atoms with E-state index in [1.807, 2.05) is 12.1 Å². The molecule has 1 aromatic carbocycles. The molecule has 1 fully saturated rings. The first-order valence-electron chi connectivity index (χ1n) is 9.60. The molecule has 5 nitrogen and oxygen atoms in total. The quantitative estimate of drug-likeness (QED) is 0.724. The number of methoxy groups -OCH3 is 1. The highest BCUT2D eigenvalue weighted by atomic mass is 32.1. The number of rotatable bonds is 3. The number of Topliss-reactive ketones (excluding diaryl/α,β-unsaturated/α-hetero) is 1. The Labute approximate surface area is 169 Å². The van der Waals surface area contributed by atoms with Gasteiger partial charge in [-0.25, -0.2) is 4.79 Å². The minimum absolute atomic E-state index is 0.0475. The van der Waals surface area contributed by atoms with E-state index in [4.69, 9.17) is 9.47 Å². The lowest BCUT2D eigenvalue weighted by Gasteiger charge is -2.30. The number of nitrogens with zero attached hydrogens (tertiary/aromatic N) is 1. The number of ether oxygens (including phenoxy) is 2. The van der Waals surface area contributed by atoms with Gasteiger partial charge in [0.2, 0.25) is 0 Å². The van der Waals surface area contributed by atoms with Crippen LogP contribution in [-0.4, -0.2) is 45.2 Å². The third-order valence-corrected chi connectivity index (χ3v) is 6.76. The van der Waals surface area contributed by atoms with Crippen LogP contribution in [0.15, 0.2) is 24.3 Å². The van der Waals surface area contributed by atoms with Gasteiger partial charge in [-0.3, -0.25) is 4.79 Å². The molecule has 0 bridgehead atoms. The molecule has 0 N–H and O–H groups in total. The molecule has 0 saturated carbocycles. The maximum atomic E-state index is 12.9. The number of morpholine rings is 1. The molecule has 1 aliphatic carbocycles. The van der Waals surface area contributed by atoms with E-state index in [-0.39, 0.29) is 17.2 Å². The summed E-state index contributed by atoms with van der Waals surface area (Å²) in [5, 5.41) is 1.14. The van der Waals surface area contributed by atoms with Gasteiger partial charge in [0.25, 0.3) is 0 Å². The van der Waals surface area contributed by atoms with Gasteiger partial charge in [-0.15, -0.1) is 11.3 Å². The van der Waals surface area contributed by atoms with Crippen LogP contribution in [0.1, 0.15) is 45.9 Å². The lowest BCUT2D eigenvalue weighted by Crippen LogP contribution is -2.36. The van der Waals surface area contributed by atoms with Crippen molar-refractivity contribution < 1.29 is 19.1 Å². The van der Waals surface area contributed by atoms with E-state index < -0.39 is 0 Å². The SMILES string of the molecule is COC(=O)c1ccc(-c2c(N3CCOCC3)sc3c2CC(C)(C)CC3=O)cc1. The molecule has 0 spiro atoms. The first-order chi connectivity index (χ1) is 13.4. The van der Waals surface area contributed by atoms with Crippen LogP contribution in [0.4, 0.5) is 5.00 Å². The molecule has 1 saturated heterocycles. The van der Waals surface area contributed by atoms with Crippen molar-refractivity contribution in [1.29, 1.82) is 0 Å². The van der Waals surface area contributed by atoms with Gasteiger partial charge in [-0.1, -0.05) is 26.0 Å². The zero-order valence-electron chi connectivity index (χ0n) is 16.5. The van der Waals surface area contributed by atoms with E-state index in [1.165, 1.54) is 7.11 Å². The molecule has 0 atom stereocenters. The molecule has 6 heteroatoms. The Kier molecular flexibility index (Phi) is 5.02. The van der Waals surface area contributed by atoms with Gasteiger partial charge in [0.15, 0.2) is 5.78 Å². The number of carbonyl (C=O) groups excluding carboxylic acids is 2. The molecule has 0 unspecified atom stereocenters. The molecular formula is C22H25NO4S. The van der Waals surface area contributed by atoms with Crippen molar-refractivity contribution in [3.63, 3.8) is 0 Å². The number of thiophene rings is 1. The van der Waals surface area contributed by atoms with E-state index in [0.717, 1.165) is 46.1 Å². The standard InChI is InChI=1S/C22H25NO4S/c1-22(2)12-16-18(14-4-6-15(7-5-14)21(25)26-3)20(23-8-10-27-11-9-23)28-19(16)17(24)13-22/h4-7H,8-13H2,1-3H3. The molecule has 2 heterocycles. The van der Waals surface area contributed by atoms with Crippen molar-refractivity contribution in [3.8, 4) is 11.1 Å². The van der Waals surface area contributed by atoms with Gasteiger partial charge in [0.05, 0.1) is 35.8 Å². The summed E-state index contributed by atoms with van der Waals surface area (Å²) in [7, 11) is 1.38. The molecule has 28 heavy (non-hydrogen) atoms. The molecule has 1 aliphatic heterocycles. The van der Waals surface area contributed by atoms with Crippen molar-refractivity contribution in [2.45, 2.75) is 26.7 Å². The summed E-state index contributed by atoms with van der Waals surface area (Å²) < 4.78 is 10.3. The average Bonchev–Trinajstić information content (AvgIpc) is 3.06. The lowest BCUT2D eigenvalue weighted by molar-refractivity contribution is 0.0600. The van der Waals surface area contributed by atoms with E-state index in [0.29, 0.717) is 25.2 Å². The fraction of sp³-hybridized carbons (Fsp3) is 0.455. The molecular weight excluding hydrogens is 374 g/mol. The van der Waals surface area contributed by atoms with Crippen molar-refractivity contribution >= 4 is 28.1 Å². The molecule has 4 rings (SSSR count). The van der Waals surface area contributed by atoms with Gasteiger partial charge in [0.1, 0.15) is 0 Å². The average molecular weight is 400 g/mol. The number of anilines is 1. The van der Waals surface area contributed by atoms with E-state index >= 15 is 0 Å². The maximum absolute atomic E-state index is 12.9. The minimum Gasteiger partial charge on any atom is -0.465 e. The first-order valence-corrected chi connectivity index (χ1v) is 10.4. The highest BCUT2D eigenvalue weighted by Crippen LogP contribution is 2.49. The number of esters is 1. The van der Waals surface area contributed by atoms with E-state index in [2.05, 4.69) is 18.7 Å². The van der Waals surface area contributed by atoms with E-state index in [9.17, 15) is 9.59 Å². The van der Waals surface area contributed by atoms with Crippen LogP contribution in [0.25, 0.3) is 11.1 Å². The molecule has 148 valence electrons. The number of carbonyl (C=O) groups is 2. The molecule has 2 aliphatic rings. The highest BCUT2D eigenvalue weighted by molar-refractivity contribution is 7.19. The molecule has 0 amide bonds. The van der Waals surface area contributed by atoms with Crippen molar-refractivity contribution in [1.82, 2.24) is 0 Å². The fourth-order valence-corrected chi connectivity index (χ4v) is 5.41. The Morgan fingerprint density at radius 2 is 1.82 bits per heavy atom.